The first-order valence-electron chi connectivity index (χ1n) is 9.35. The van der Waals surface area contributed by atoms with Crippen LogP contribution in [0.3, 0.4) is 0 Å². The summed E-state index contributed by atoms with van der Waals surface area (Å²) in [6.45, 7) is 1.21. The number of nitrogens with one attached hydrogen (secondary N) is 1. The molecule has 148 valence electrons. The van der Waals surface area contributed by atoms with E-state index in [1.165, 1.54) is 6.07 Å². The van der Waals surface area contributed by atoms with Crippen LogP contribution < -0.4 is 10.2 Å². The van der Waals surface area contributed by atoms with E-state index in [0.29, 0.717) is 18.8 Å². The molecule has 1 aliphatic rings. The number of piperidine rings is 1. The number of benzene rings is 1. The molecule has 3 heterocycles. The molecule has 0 bridgehead atoms. The summed E-state index contributed by atoms with van der Waals surface area (Å²) in [7, 11) is 0. The van der Waals surface area contributed by atoms with Gasteiger partial charge in [-0.15, -0.1) is 10.2 Å². The first kappa shape index (κ1) is 18.9. The Morgan fingerprint density at radius 3 is 2.76 bits per heavy atom. The van der Waals surface area contributed by atoms with Gasteiger partial charge in [-0.1, -0.05) is 0 Å². The normalized spacial score (nSPS) is 16.5. The first-order valence-corrected chi connectivity index (χ1v) is 9.35. The third-order valence-electron chi connectivity index (χ3n) is 4.91. The van der Waals surface area contributed by atoms with Crippen LogP contribution in [0.2, 0.25) is 0 Å². The Morgan fingerprint density at radius 2 is 2.03 bits per heavy atom. The van der Waals surface area contributed by atoms with Gasteiger partial charge < -0.3 is 10.2 Å². The summed E-state index contributed by atoms with van der Waals surface area (Å²) in [5, 5.41) is 11.1. The van der Waals surface area contributed by atoms with Gasteiger partial charge in [-0.05, 0) is 49.2 Å². The largest absolute Gasteiger partial charge is 0.354 e. The molecule has 1 N–H and O–H groups in total. The molecular formula is C21H19F2N5O. The van der Waals surface area contributed by atoms with Gasteiger partial charge in [0.05, 0.1) is 17.3 Å². The highest BCUT2D eigenvalue weighted by Crippen LogP contribution is 2.25. The van der Waals surface area contributed by atoms with Gasteiger partial charge in [-0.3, -0.25) is 9.78 Å². The lowest BCUT2D eigenvalue weighted by atomic mass is 9.97. The highest BCUT2D eigenvalue weighted by Gasteiger charge is 2.27. The number of halogens is 2. The number of rotatable bonds is 4. The average Bonchev–Trinajstić information content (AvgIpc) is 2.76. The number of hydrogen-bond donors (Lipinski definition) is 1. The predicted molar refractivity (Wildman–Crippen MR) is 105 cm³/mol. The molecule has 1 amide bonds. The molecule has 8 heteroatoms. The zero-order valence-electron chi connectivity index (χ0n) is 15.6. The van der Waals surface area contributed by atoms with Crippen molar-refractivity contribution in [3.8, 4) is 11.3 Å². The average molecular weight is 395 g/mol. The van der Waals surface area contributed by atoms with E-state index in [0.717, 1.165) is 36.4 Å². The third-order valence-corrected chi connectivity index (χ3v) is 4.91. The SMILES string of the molecule is O=C(Nc1ccc(F)cc1F)C1CCCN(c2ccc(-c3cccnc3)nn2)C1. The molecule has 1 fully saturated rings. The van der Waals surface area contributed by atoms with Gasteiger partial charge in [0.15, 0.2) is 5.82 Å². The minimum absolute atomic E-state index is 0.0193. The van der Waals surface area contributed by atoms with Gasteiger partial charge in [-0.2, -0.15) is 0 Å². The molecule has 29 heavy (non-hydrogen) atoms. The highest BCUT2D eigenvalue weighted by molar-refractivity contribution is 5.93. The minimum Gasteiger partial charge on any atom is -0.354 e. The van der Waals surface area contributed by atoms with Crippen LogP contribution in [0.5, 0.6) is 0 Å². The zero-order chi connectivity index (χ0) is 20.2. The molecule has 0 aliphatic carbocycles. The Balaban J connectivity index is 1.43. The van der Waals surface area contributed by atoms with Gasteiger partial charge in [-0.25, -0.2) is 8.78 Å². The van der Waals surface area contributed by atoms with Crippen LogP contribution in [-0.4, -0.2) is 34.2 Å². The number of aromatic nitrogens is 3. The van der Waals surface area contributed by atoms with E-state index in [1.807, 2.05) is 29.2 Å². The summed E-state index contributed by atoms with van der Waals surface area (Å²) in [4.78, 5) is 18.7. The van der Waals surface area contributed by atoms with Gasteiger partial charge in [0, 0.05) is 37.1 Å². The molecule has 3 aromatic rings. The van der Waals surface area contributed by atoms with Crippen molar-refractivity contribution in [3.63, 3.8) is 0 Å². The van der Waals surface area contributed by atoms with Crippen molar-refractivity contribution in [2.75, 3.05) is 23.3 Å². The fourth-order valence-electron chi connectivity index (χ4n) is 3.39. The van der Waals surface area contributed by atoms with Crippen molar-refractivity contribution in [3.05, 3.63) is 66.5 Å². The van der Waals surface area contributed by atoms with Crippen LogP contribution in [0, 0.1) is 17.6 Å². The van der Waals surface area contributed by atoms with Crippen molar-refractivity contribution in [2.45, 2.75) is 12.8 Å². The highest BCUT2D eigenvalue weighted by atomic mass is 19.1. The van der Waals surface area contributed by atoms with E-state index < -0.39 is 11.6 Å². The summed E-state index contributed by atoms with van der Waals surface area (Å²) in [5.74, 6) is -1.41. The van der Waals surface area contributed by atoms with Crippen molar-refractivity contribution < 1.29 is 13.6 Å². The quantitative estimate of drug-likeness (QED) is 0.730. The molecule has 2 aromatic heterocycles. The Labute approximate surface area is 166 Å². The summed E-state index contributed by atoms with van der Waals surface area (Å²) in [6.07, 6.45) is 4.91. The summed E-state index contributed by atoms with van der Waals surface area (Å²) < 4.78 is 26.8. The predicted octanol–water partition coefficient (Wildman–Crippen LogP) is 3.67. The molecule has 4 rings (SSSR count). The molecule has 1 atom stereocenters. The maximum Gasteiger partial charge on any atom is 0.229 e. The maximum absolute atomic E-state index is 13.8. The Bertz CT molecular complexity index is 998. The van der Waals surface area contributed by atoms with Crippen LogP contribution in [0.4, 0.5) is 20.3 Å². The van der Waals surface area contributed by atoms with Crippen molar-refractivity contribution >= 4 is 17.4 Å². The fraction of sp³-hybridized carbons (Fsp3) is 0.238. The molecular weight excluding hydrogens is 376 g/mol. The number of hydrogen-bond acceptors (Lipinski definition) is 5. The van der Waals surface area contributed by atoms with Gasteiger partial charge in [0.25, 0.3) is 0 Å². The molecule has 0 spiro atoms. The summed E-state index contributed by atoms with van der Waals surface area (Å²) in [5.41, 5.74) is 1.58. The number of carbonyl (C=O) groups excluding carboxylic acids is 1. The zero-order valence-corrected chi connectivity index (χ0v) is 15.6. The first-order chi connectivity index (χ1) is 14.1. The van der Waals surface area contributed by atoms with E-state index in [9.17, 15) is 13.6 Å². The van der Waals surface area contributed by atoms with E-state index in [-0.39, 0.29) is 17.5 Å². The summed E-state index contributed by atoms with van der Waals surface area (Å²) >= 11 is 0. The molecule has 1 unspecified atom stereocenters. The second-order valence-corrected chi connectivity index (χ2v) is 6.92. The number of amides is 1. The second kappa shape index (κ2) is 8.30. The lowest BCUT2D eigenvalue weighted by Crippen LogP contribution is -2.41. The van der Waals surface area contributed by atoms with Gasteiger partial charge in [0.2, 0.25) is 5.91 Å². The molecule has 6 nitrogen and oxygen atoms in total. The molecule has 0 saturated carbocycles. The molecule has 1 aliphatic heterocycles. The van der Waals surface area contributed by atoms with E-state index in [1.54, 1.807) is 12.4 Å². The molecule has 1 saturated heterocycles. The number of pyridine rings is 1. The van der Waals surface area contributed by atoms with Crippen molar-refractivity contribution in [1.29, 1.82) is 0 Å². The number of carbonyl (C=O) groups is 1. The number of anilines is 2. The minimum atomic E-state index is -0.789. The second-order valence-electron chi connectivity index (χ2n) is 6.92. The van der Waals surface area contributed by atoms with Gasteiger partial charge >= 0.3 is 0 Å². The van der Waals surface area contributed by atoms with Crippen LogP contribution in [-0.2, 0) is 4.79 Å². The lowest BCUT2D eigenvalue weighted by molar-refractivity contribution is -0.120. The monoisotopic (exact) mass is 395 g/mol. The topological polar surface area (TPSA) is 71.0 Å². The molecule has 0 radical (unpaired) electrons. The third kappa shape index (κ3) is 4.37. The Hall–Kier alpha value is -3.42. The standard InChI is InChI=1S/C21H19F2N5O/c22-16-5-6-19(17(23)11-16)25-21(29)15-4-2-10-28(13-15)20-8-7-18(26-27-20)14-3-1-9-24-12-14/h1,3,5-9,11-12,15H,2,4,10,13H2,(H,25,29). The van der Waals surface area contributed by atoms with E-state index in [4.69, 9.17) is 0 Å². The number of nitrogens with zero attached hydrogens (tertiary/aromatic N) is 4. The molecule has 1 aromatic carbocycles. The fourth-order valence-corrected chi connectivity index (χ4v) is 3.39. The van der Waals surface area contributed by atoms with Crippen LogP contribution >= 0.6 is 0 Å². The van der Waals surface area contributed by atoms with E-state index in [2.05, 4.69) is 20.5 Å². The van der Waals surface area contributed by atoms with Gasteiger partial charge in [0.1, 0.15) is 11.6 Å². The van der Waals surface area contributed by atoms with Crippen LogP contribution in [0.25, 0.3) is 11.3 Å². The maximum atomic E-state index is 13.8. The lowest BCUT2D eigenvalue weighted by Gasteiger charge is -2.32. The van der Waals surface area contributed by atoms with E-state index >= 15 is 0 Å². The van der Waals surface area contributed by atoms with Crippen molar-refractivity contribution in [2.24, 2.45) is 5.92 Å². The Kier molecular flexibility index (Phi) is 5.41. The Morgan fingerprint density at radius 1 is 1.14 bits per heavy atom. The summed E-state index contributed by atoms with van der Waals surface area (Å²) in [6, 6.07) is 10.6. The van der Waals surface area contributed by atoms with Crippen molar-refractivity contribution in [1.82, 2.24) is 15.2 Å². The van der Waals surface area contributed by atoms with Crippen LogP contribution in [0.1, 0.15) is 12.8 Å². The van der Waals surface area contributed by atoms with Crippen LogP contribution in [0.15, 0.2) is 54.9 Å². The smallest absolute Gasteiger partial charge is 0.229 e.